The number of hydrogen-bond donors (Lipinski definition) is 3. The fourth-order valence-electron chi connectivity index (χ4n) is 1.57. The summed E-state index contributed by atoms with van der Waals surface area (Å²) in [7, 11) is 0. The van der Waals surface area contributed by atoms with Gasteiger partial charge in [0.1, 0.15) is 11.4 Å². The quantitative estimate of drug-likeness (QED) is 0.555. The van der Waals surface area contributed by atoms with Gasteiger partial charge in [0, 0.05) is 12.3 Å². The van der Waals surface area contributed by atoms with Gasteiger partial charge in [0.05, 0.1) is 11.4 Å². The molecule has 0 aliphatic heterocycles. The van der Waals surface area contributed by atoms with Crippen LogP contribution in [0.4, 0.5) is 11.4 Å². The third-order valence-electron chi connectivity index (χ3n) is 2.51. The lowest BCUT2D eigenvalue weighted by molar-refractivity contribution is 0.102. The zero-order chi connectivity index (χ0) is 13.1. The van der Waals surface area contributed by atoms with E-state index in [-0.39, 0.29) is 11.7 Å². The lowest BCUT2D eigenvalue weighted by atomic mass is 10.2. The number of aryl methyl sites for hydroxylation is 1. The number of benzene rings is 1. The second-order valence-electron chi connectivity index (χ2n) is 3.89. The molecule has 1 heterocycles. The molecule has 92 valence electrons. The second kappa shape index (κ2) is 4.75. The number of carbonyl (C=O) groups is 1. The summed E-state index contributed by atoms with van der Waals surface area (Å²) in [5, 5.41) is 11.9. The van der Waals surface area contributed by atoms with E-state index in [1.807, 2.05) is 13.0 Å². The molecule has 2 rings (SSSR count). The minimum Gasteiger partial charge on any atom is -0.508 e. The largest absolute Gasteiger partial charge is 0.508 e. The van der Waals surface area contributed by atoms with Crippen LogP contribution in [0.1, 0.15) is 16.1 Å². The highest BCUT2D eigenvalue weighted by molar-refractivity contribution is 6.05. The highest BCUT2D eigenvalue weighted by Crippen LogP contribution is 2.23. The predicted octanol–water partition coefficient (Wildman–Crippen LogP) is 1.93. The van der Waals surface area contributed by atoms with Gasteiger partial charge >= 0.3 is 0 Å². The van der Waals surface area contributed by atoms with E-state index >= 15 is 0 Å². The molecule has 0 aliphatic carbocycles. The Morgan fingerprint density at radius 1 is 1.39 bits per heavy atom. The number of phenolic OH excluding ortho intramolecular Hbond substituents is 1. The van der Waals surface area contributed by atoms with Crippen LogP contribution in [0, 0.1) is 6.92 Å². The Bertz CT molecular complexity index is 597. The number of pyridine rings is 1. The number of phenols is 1. The van der Waals surface area contributed by atoms with Gasteiger partial charge in [-0.25, -0.2) is 0 Å². The number of nitrogens with one attached hydrogen (secondary N) is 1. The Labute approximate surface area is 104 Å². The summed E-state index contributed by atoms with van der Waals surface area (Å²) in [6, 6.07) is 7.95. The van der Waals surface area contributed by atoms with Gasteiger partial charge in [-0.1, -0.05) is 6.07 Å². The Morgan fingerprint density at radius 2 is 2.17 bits per heavy atom. The van der Waals surface area contributed by atoms with E-state index in [1.54, 1.807) is 18.3 Å². The monoisotopic (exact) mass is 243 g/mol. The molecule has 0 fully saturated rings. The Kier molecular flexibility index (Phi) is 3.14. The minimum absolute atomic E-state index is 0.0551. The first kappa shape index (κ1) is 11.9. The van der Waals surface area contributed by atoms with Crippen molar-refractivity contribution in [3.05, 3.63) is 47.8 Å². The molecule has 0 atom stereocenters. The maximum atomic E-state index is 12.0. The molecule has 1 aromatic heterocycles. The fraction of sp³-hybridized carbons (Fsp3) is 0.0769. The number of nitrogens with zero attached hydrogens (tertiary/aromatic N) is 1. The number of rotatable bonds is 2. The van der Waals surface area contributed by atoms with Crippen molar-refractivity contribution < 1.29 is 9.90 Å². The molecule has 0 radical (unpaired) electrons. The first-order valence-corrected chi connectivity index (χ1v) is 5.39. The maximum absolute atomic E-state index is 12.0. The van der Waals surface area contributed by atoms with Crippen molar-refractivity contribution in [1.82, 2.24) is 4.98 Å². The standard InChI is InChI=1S/C13H13N3O2/c1-8-3-2-6-15-12(8)13(18)16-11-5-4-9(17)7-10(11)14/h2-7,17H,14H2,1H3,(H,16,18). The summed E-state index contributed by atoms with van der Waals surface area (Å²) >= 11 is 0. The highest BCUT2D eigenvalue weighted by atomic mass is 16.3. The van der Waals surface area contributed by atoms with Gasteiger partial charge in [0.2, 0.25) is 0 Å². The van der Waals surface area contributed by atoms with Crippen molar-refractivity contribution >= 4 is 17.3 Å². The first-order chi connectivity index (χ1) is 8.58. The number of hydrogen-bond acceptors (Lipinski definition) is 4. The molecule has 0 bridgehead atoms. The lowest BCUT2D eigenvalue weighted by Crippen LogP contribution is -2.16. The number of nitrogen functional groups attached to an aromatic ring is 1. The van der Waals surface area contributed by atoms with Gasteiger partial charge in [-0.15, -0.1) is 0 Å². The van der Waals surface area contributed by atoms with E-state index in [1.165, 1.54) is 12.1 Å². The Hall–Kier alpha value is -2.56. The van der Waals surface area contributed by atoms with Crippen molar-refractivity contribution in [2.45, 2.75) is 6.92 Å². The summed E-state index contributed by atoms with van der Waals surface area (Å²) in [6.07, 6.45) is 1.56. The van der Waals surface area contributed by atoms with Crippen LogP contribution in [0.3, 0.4) is 0 Å². The number of aromatic hydroxyl groups is 1. The van der Waals surface area contributed by atoms with Gasteiger partial charge in [0.25, 0.3) is 5.91 Å². The van der Waals surface area contributed by atoms with Crippen molar-refractivity contribution in [1.29, 1.82) is 0 Å². The molecule has 0 aliphatic rings. The van der Waals surface area contributed by atoms with E-state index in [9.17, 15) is 9.90 Å². The fourth-order valence-corrected chi connectivity index (χ4v) is 1.57. The zero-order valence-corrected chi connectivity index (χ0v) is 9.84. The van der Waals surface area contributed by atoms with E-state index in [4.69, 9.17) is 5.73 Å². The molecule has 4 N–H and O–H groups in total. The van der Waals surface area contributed by atoms with Gasteiger partial charge < -0.3 is 16.2 Å². The van der Waals surface area contributed by atoms with Crippen molar-refractivity contribution in [3.63, 3.8) is 0 Å². The molecule has 2 aromatic rings. The summed E-state index contributed by atoms with van der Waals surface area (Å²) < 4.78 is 0. The minimum atomic E-state index is -0.328. The SMILES string of the molecule is Cc1cccnc1C(=O)Nc1ccc(O)cc1N. The van der Waals surface area contributed by atoms with Crippen LogP contribution in [-0.2, 0) is 0 Å². The van der Waals surface area contributed by atoms with E-state index < -0.39 is 0 Å². The molecule has 0 saturated carbocycles. The van der Waals surface area contributed by atoms with E-state index in [2.05, 4.69) is 10.3 Å². The molecule has 5 heteroatoms. The normalized spacial score (nSPS) is 10.1. The molecule has 1 amide bonds. The summed E-state index contributed by atoms with van der Waals surface area (Å²) in [4.78, 5) is 16.0. The summed E-state index contributed by atoms with van der Waals surface area (Å²) in [6.45, 7) is 1.81. The molecular weight excluding hydrogens is 230 g/mol. The van der Waals surface area contributed by atoms with Gasteiger partial charge in [0.15, 0.2) is 0 Å². The van der Waals surface area contributed by atoms with Crippen LogP contribution in [0.25, 0.3) is 0 Å². The average Bonchev–Trinajstić information content (AvgIpc) is 2.33. The third kappa shape index (κ3) is 2.40. The number of nitrogens with two attached hydrogens (primary N) is 1. The van der Waals surface area contributed by atoms with Crippen molar-refractivity contribution in [3.8, 4) is 5.75 Å². The zero-order valence-electron chi connectivity index (χ0n) is 9.84. The highest BCUT2D eigenvalue weighted by Gasteiger charge is 2.11. The topological polar surface area (TPSA) is 88.2 Å². The molecule has 0 spiro atoms. The molecular formula is C13H13N3O2. The first-order valence-electron chi connectivity index (χ1n) is 5.39. The summed E-state index contributed by atoms with van der Waals surface area (Å²) in [5.41, 5.74) is 7.58. The Morgan fingerprint density at radius 3 is 2.83 bits per heavy atom. The predicted molar refractivity (Wildman–Crippen MR) is 69.4 cm³/mol. The van der Waals surface area contributed by atoms with Gasteiger partial charge in [-0.05, 0) is 30.7 Å². The smallest absolute Gasteiger partial charge is 0.274 e. The van der Waals surface area contributed by atoms with Crippen LogP contribution in [0.2, 0.25) is 0 Å². The lowest BCUT2D eigenvalue weighted by Gasteiger charge is -2.09. The second-order valence-corrected chi connectivity index (χ2v) is 3.89. The van der Waals surface area contributed by atoms with Gasteiger partial charge in [-0.3, -0.25) is 9.78 Å². The number of anilines is 2. The number of amides is 1. The molecule has 5 nitrogen and oxygen atoms in total. The van der Waals surface area contributed by atoms with Gasteiger partial charge in [-0.2, -0.15) is 0 Å². The van der Waals surface area contributed by atoms with E-state index in [0.717, 1.165) is 5.56 Å². The van der Waals surface area contributed by atoms with Crippen LogP contribution in [-0.4, -0.2) is 16.0 Å². The van der Waals surface area contributed by atoms with Crippen LogP contribution in [0.15, 0.2) is 36.5 Å². The van der Waals surface area contributed by atoms with Crippen LogP contribution in [0.5, 0.6) is 5.75 Å². The molecule has 0 saturated heterocycles. The number of aromatic nitrogens is 1. The molecule has 0 unspecified atom stereocenters. The van der Waals surface area contributed by atoms with Crippen LogP contribution < -0.4 is 11.1 Å². The van der Waals surface area contributed by atoms with Crippen LogP contribution >= 0.6 is 0 Å². The number of carbonyl (C=O) groups excluding carboxylic acids is 1. The maximum Gasteiger partial charge on any atom is 0.274 e. The Balaban J connectivity index is 2.24. The third-order valence-corrected chi connectivity index (χ3v) is 2.51. The molecule has 1 aromatic carbocycles. The average molecular weight is 243 g/mol. The summed E-state index contributed by atoms with van der Waals surface area (Å²) in [5.74, 6) is -0.273. The van der Waals surface area contributed by atoms with E-state index in [0.29, 0.717) is 17.1 Å². The van der Waals surface area contributed by atoms with Crippen molar-refractivity contribution in [2.24, 2.45) is 0 Å². The molecule has 18 heavy (non-hydrogen) atoms. The van der Waals surface area contributed by atoms with Crippen molar-refractivity contribution in [2.75, 3.05) is 11.1 Å².